The van der Waals surface area contributed by atoms with Crippen LogP contribution in [0.1, 0.15) is 18.1 Å². The molecule has 0 bridgehead atoms. The predicted molar refractivity (Wildman–Crippen MR) is 60.1 cm³/mol. The van der Waals surface area contributed by atoms with Gasteiger partial charge in [0.1, 0.15) is 0 Å². The molecule has 1 aromatic carbocycles. The minimum atomic E-state index is 0.171. The van der Waals surface area contributed by atoms with Crippen LogP contribution in [0.4, 0.5) is 0 Å². The van der Waals surface area contributed by atoms with Gasteiger partial charge < -0.3 is 10.9 Å². The van der Waals surface area contributed by atoms with Gasteiger partial charge in [0.05, 0.1) is 0 Å². The van der Waals surface area contributed by atoms with Crippen LogP contribution in [0.5, 0.6) is 0 Å². The fraction of sp³-hybridized carbons (Fsp3) is 0.300. The van der Waals surface area contributed by atoms with E-state index >= 15 is 0 Å². The van der Waals surface area contributed by atoms with Crippen molar-refractivity contribution < 1.29 is 5.21 Å². The van der Waals surface area contributed by atoms with Gasteiger partial charge in [-0.1, -0.05) is 30.3 Å². The number of nitrogens with two attached hydrogens (primary N) is 1. The quantitative estimate of drug-likeness (QED) is 0.264. The van der Waals surface area contributed by atoms with Crippen molar-refractivity contribution in [3.8, 4) is 0 Å². The summed E-state index contributed by atoms with van der Waals surface area (Å²) in [5.74, 6) is 1.14. The molecule has 3 N–H and O–H groups in total. The molecule has 0 saturated carbocycles. The Labute approximate surface area is 88.0 Å². The molecule has 0 amide bonds. The second-order valence-corrected chi connectivity index (χ2v) is 4.14. The average molecular weight is 210 g/mol. The normalized spacial score (nSPS) is 11.7. The predicted octanol–water partition coefficient (Wildman–Crippen LogP) is 2.20. The van der Waals surface area contributed by atoms with Gasteiger partial charge in [0.15, 0.2) is 5.84 Å². The third-order valence-electron chi connectivity index (χ3n) is 1.88. The van der Waals surface area contributed by atoms with Crippen LogP contribution in [-0.2, 0) is 0 Å². The van der Waals surface area contributed by atoms with Crippen LogP contribution >= 0.6 is 11.8 Å². The largest absolute Gasteiger partial charge is 0.409 e. The van der Waals surface area contributed by atoms with Crippen LogP contribution in [0.15, 0.2) is 28.3 Å². The lowest BCUT2D eigenvalue weighted by molar-refractivity contribution is 0.318. The van der Waals surface area contributed by atoms with E-state index in [-0.39, 0.29) is 5.84 Å². The molecule has 0 unspecified atom stereocenters. The molecule has 1 aromatic rings. The van der Waals surface area contributed by atoms with Crippen LogP contribution in [0.25, 0.3) is 0 Å². The first kappa shape index (κ1) is 10.9. The number of hydrogen-bond acceptors (Lipinski definition) is 3. The summed E-state index contributed by atoms with van der Waals surface area (Å²) in [6.07, 6.45) is 0. The van der Waals surface area contributed by atoms with E-state index in [2.05, 4.69) is 12.1 Å². The van der Waals surface area contributed by atoms with E-state index in [0.717, 1.165) is 21.8 Å². The lowest BCUT2D eigenvalue weighted by Crippen LogP contribution is -2.14. The summed E-state index contributed by atoms with van der Waals surface area (Å²) in [5.41, 5.74) is 7.54. The van der Waals surface area contributed by atoms with E-state index in [0.29, 0.717) is 0 Å². The van der Waals surface area contributed by atoms with Gasteiger partial charge in [-0.25, -0.2) is 0 Å². The molecular weight excluding hydrogens is 196 g/mol. The molecule has 0 radical (unpaired) electrons. The molecule has 76 valence electrons. The molecule has 3 nitrogen and oxygen atoms in total. The number of aryl methyl sites for hydroxylation is 1. The summed E-state index contributed by atoms with van der Waals surface area (Å²) < 4.78 is 0. The highest BCUT2D eigenvalue weighted by Crippen LogP contribution is 2.26. The Hall–Kier alpha value is -1.16. The summed E-state index contributed by atoms with van der Waals surface area (Å²) in [6, 6.07) is 5.79. The third-order valence-corrected chi connectivity index (χ3v) is 3.00. The van der Waals surface area contributed by atoms with E-state index in [1.165, 1.54) is 0 Å². The van der Waals surface area contributed by atoms with Crippen molar-refractivity contribution in [1.29, 1.82) is 0 Å². The molecule has 0 fully saturated rings. The Morgan fingerprint density at radius 2 is 2.29 bits per heavy atom. The van der Waals surface area contributed by atoms with Crippen molar-refractivity contribution in [2.24, 2.45) is 10.9 Å². The van der Waals surface area contributed by atoms with Crippen molar-refractivity contribution in [2.45, 2.75) is 18.7 Å². The highest BCUT2D eigenvalue weighted by Gasteiger charge is 2.08. The van der Waals surface area contributed by atoms with Gasteiger partial charge in [-0.15, -0.1) is 11.8 Å². The minimum absolute atomic E-state index is 0.171. The number of thioether (sulfide) groups is 1. The van der Waals surface area contributed by atoms with Crippen LogP contribution in [-0.4, -0.2) is 16.8 Å². The van der Waals surface area contributed by atoms with E-state index in [4.69, 9.17) is 10.9 Å². The maximum atomic E-state index is 8.63. The highest BCUT2D eigenvalue weighted by atomic mass is 32.2. The van der Waals surface area contributed by atoms with Crippen LogP contribution in [0.2, 0.25) is 0 Å². The fourth-order valence-corrected chi connectivity index (χ4v) is 2.16. The summed E-state index contributed by atoms with van der Waals surface area (Å²) in [5, 5.41) is 11.6. The van der Waals surface area contributed by atoms with Gasteiger partial charge in [-0.3, -0.25) is 0 Å². The molecule has 0 aliphatic carbocycles. The minimum Gasteiger partial charge on any atom is -0.409 e. The van der Waals surface area contributed by atoms with Crippen molar-refractivity contribution >= 4 is 17.6 Å². The van der Waals surface area contributed by atoms with E-state index in [1.807, 2.05) is 25.1 Å². The third kappa shape index (κ3) is 2.20. The Morgan fingerprint density at radius 3 is 2.86 bits per heavy atom. The maximum absolute atomic E-state index is 8.63. The zero-order chi connectivity index (χ0) is 10.6. The molecular formula is C10H14N2OS. The topological polar surface area (TPSA) is 58.6 Å². The Bertz CT molecular complexity index is 350. The molecule has 0 spiro atoms. The lowest BCUT2D eigenvalue weighted by atomic mass is 10.1. The second-order valence-electron chi connectivity index (χ2n) is 2.87. The van der Waals surface area contributed by atoms with Crippen molar-refractivity contribution in [1.82, 2.24) is 0 Å². The van der Waals surface area contributed by atoms with Gasteiger partial charge in [-0.05, 0) is 18.2 Å². The Morgan fingerprint density at radius 1 is 1.57 bits per heavy atom. The van der Waals surface area contributed by atoms with E-state index in [9.17, 15) is 0 Å². The molecule has 0 aliphatic heterocycles. The van der Waals surface area contributed by atoms with Gasteiger partial charge in [0.2, 0.25) is 0 Å². The first-order chi connectivity index (χ1) is 6.70. The number of nitrogens with zero attached hydrogens (tertiary/aromatic N) is 1. The Balaban J connectivity index is 3.21. The SMILES string of the molecule is CCSc1c(C)cccc1/C(N)=N/O. The van der Waals surface area contributed by atoms with Crippen molar-refractivity contribution in [3.05, 3.63) is 29.3 Å². The summed E-state index contributed by atoms with van der Waals surface area (Å²) >= 11 is 1.70. The molecule has 1 rings (SSSR count). The standard InChI is InChI=1S/C10H14N2OS/c1-3-14-9-7(2)5-4-6-8(9)10(11)12-13/h4-6,13H,3H2,1-2H3,(H2,11,12). The fourth-order valence-electron chi connectivity index (χ4n) is 1.24. The number of rotatable bonds is 3. The number of amidine groups is 1. The zero-order valence-electron chi connectivity index (χ0n) is 8.32. The van der Waals surface area contributed by atoms with Gasteiger partial charge in [-0.2, -0.15) is 0 Å². The smallest absolute Gasteiger partial charge is 0.171 e. The molecule has 0 atom stereocenters. The number of benzene rings is 1. The van der Waals surface area contributed by atoms with Crippen molar-refractivity contribution in [2.75, 3.05) is 5.75 Å². The highest BCUT2D eigenvalue weighted by molar-refractivity contribution is 7.99. The van der Waals surface area contributed by atoms with Gasteiger partial charge >= 0.3 is 0 Å². The van der Waals surface area contributed by atoms with Crippen LogP contribution in [0, 0.1) is 6.92 Å². The lowest BCUT2D eigenvalue weighted by Gasteiger charge is -2.09. The zero-order valence-corrected chi connectivity index (χ0v) is 9.14. The summed E-state index contributed by atoms with van der Waals surface area (Å²) in [7, 11) is 0. The molecule has 0 heterocycles. The first-order valence-electron chi connectivity index (χ1n) is 4.41. The van der Waals surface area contributed by atoms with Crippen LogP contribution in [0.3, 0.4) is 0 Å². The van der Waals surface area contributed by atoms with Gasteiger partial charge in [0, 0.05) is 10.5 Å². The van der Waals surface area contributed by atoms with Crippen molar-refractivity contribution in [3.63, 3.8) is 0 Å². The van der Waals surface area contributed by atoms with Gasteiger partial charge in [0.25, 0.3) is 0 Å². The average Bonchev–Trinajstić information content (AvgIpc) is 2.20. The van der Waals surface area contributed by atoms with E-state index in [1.54, 1.807) is 11.8 Å². The molecule has 14 heavy (non-hydrogen) atoms. The molecule has 4 heteroatoms. The number of hydrogen-bond donors (Lipinski definition) is 2. The van der Waals surface area contributed by atoms with E-state index < -0.39 is 0 Å². The Kier molecular flexibility index (Phi) is 3.83. The molecule has 0 aromatic heterocycles. The maximum Gasteiger partial charge on any atom is 0.171 e. The molecule has 0 saturated heterocycles. The summed E-state index contributed by atoms with van der Waals surface area (Å²) in [6.45, 7) is 4.10. The monoisotopic (exact) mass is 210 g/mol. The first-order valence-corrected chi connectivity index (χ1v) is 5.39. The second kappa shape index (κ2) is 4.91. The van der Waals surface area contributed by atoms with Crippen LogP contribution < -0.4 is 5.73 Å². The number of oxime groups is 1. The molecule has 0 aliphatic rings. The summed E-state index contributed by atoms with van der Waals surface area (Å²) in [4.78, 5) is 1.09.